The van der Waals surface area contributed by atoms with Gasteiger partial charge in [-0.2, -0.15) is 0 Å². The first-order chi connectivity index (χ1) is 24.9. The molecule has 0 unspecified atom stereocenters. The van der Waals surface area contributed by atoms with E-state index in [0.717, 1.165) is 97.1 Å². The summed E-state index contributed by atoms with van der Waals surface area (Å²) in [6.07, 6.45) is 12.3. The van der Waals surface area contributed by atoms with Crippen LogP contribution in [-0.2, 0) is 4.79 Å². The number of rotatable bonds is 8. The highest BCUT2D eigenvalue weighted by atomic mass is 16.4. The maximum Gasteiger partial charge on any atom is 0.336 e. The van der Waals surface area contributed by atoms with E-state index in [4.69, 9.17) is 0 Å². The highest BCUT2D eigenvalue weighted by molar-refractivity contribution is 6.05. The molecule has 292 valence electrons. The number of carboxylic acids is 1. The van der Waals surface area contributed by atoms with Crippen molar-refractivity contribution in [1.82, 2.24) is 15.1 Å². The summed E-state index contributed by atoms with van der Waals surface area (Å²) < 4.78 is 0. The average molecular weight is 728 g/mol. The van der Waals surface area contributed by atoms with E-state index in [2.05, 4.69) is 70.6 Å². The van der Waals surface area contributed by atoms with Crippen molar-refractivity contribution in [2.75, 3.05) is 46.3 Å². The van der Waals surface area contributed by atoms with Crippen molar-refractivity contribution in [2.45, 2.75) is 126 Å². The molecule has 7 nitrogen and oxygen atoms in total. The molecule has 5 aliphatic carbocycles. The van der Waals surface area contributed by atoms with Crippen LogP contribution in [0.4, 0.5) is 0 Å². The zero-order valence-corrected chi connectivity index (χ0v) is 34.3. The molecule has 1 aliphatic heterocycles. The first-order valence-electron chi connectivity index (χ1n) is 21.2. The van der Waals surface area contributed by atoms with Gasteiger partial charge in [0.05, 0.1) is 11.0 Å². The number of hydrogen-bond acceptors (Lipinski definition) is 5. The Morgan fingerprint density at radius 2 is 1.47 bits per heavy atom. The molecule has 1 saturated heterocycles. The summed E-state index contributed by atoms with van der Waals surface area (Å²) >= 11 is 0. The topological polar surface area (TPSA) is 90.0 Å². The number of allylic oxidation sites excluding steroid dienone is 1. The molecular formula is C46H69N3O4. The van der Waals surface area contributed by atoms with Crippen molar-refractivity contribution in [1.29, 1.82) is 0 Å². The molecule has 1 aromatic carbocycles. The number of piperazine rings is 1. The number of fused-ring (bicyclic) bond motifs is 6. The van der Waals surface area contributed by atoms with Gasteiger partial charge in [0.1, 0.15) is 0 Å². The quantitative estimate of drug-likeness (QED) is 0.206. The minimum atomic E-state index is -1.03. The molecule has 5 fully saturated rings. The number of nitrogens with zero attached hydrogens (tertiary/aromatic N) is 2. The lowest BCUT2D eigenvalue weighted by atomic mass is 9.33. The average Bonchev–Trinajstić information content (AvgIpc) is 3.10. The largest absolute Gasteiger partial charge is 0.478 e. The van der Waals surface area contributed by atoms with Crippen LogP contribution >= 0.6 is 0 Å². The Balaban J connectivity index is 1.13. The smallest absolute Gasteiger partial charge is 0.336 e. The number of hydrogen-bond donors (Lipinski definition) is 2. The van der Waals surface area contributed by atoms with Crippen molar-refractivity contribution >= 4 is 17.7 Å². The first-order valence-corrected chi connectivity index (χ1v) is 21.2. The van der Waals surface area contributed by atoms with E-state index in [1.54, 1.807) is 29.8 Å². The van der Waals surface area contributed by atoms with Gasteiger partial charge in [-0.1, -0.05) is 77.8 Å². The Bertz CT molecular complexity index is 1650. The van der Waals surface area contributed by atoms with Gasteiger partial charge in [0.2, 0.25) is 5.91 Å². The van der Waals surface area contributed by atoms with Gasteiger partial charge in [-0.3, -0.25) is 14.5 Å². The third-order valence-corrected chi connectivity index (χ3v) is 17.4. The summed E-state index contributed by atoms with van der Waals surface area (Å²) in [5.74, 6) is 0.564. The van der Waals surface area contributed by atoms with Crippen molar-refractivity contribution in [3.05, 3.63) is 46.5 Å². The van der Waals surface area contributed by atoms with Crippen LogP contribution in [0.1, 0.15) is 146 Å². The summed E-state index contributed by atoms with van der Waals surface area (Å²) in [7, 11) is 2.19. The fraction of sp³-hybridized carbons (Fsp3) is 0.761. The number of carbonyl (C=O) groups excluding carboxylic acids is 2. The minimum Gasteiger partial charge on any atom is -0.478 e. The van der Waals surface area contributed by atoms with Crippen LogP contribution < -0.4 is 5.32 Å². The van der Waals surface area contributed by atoms with Crippen LogP contribution in [0.3, 0.4) is 0 Å². The first kappa shape index (κ1) is 38.8. The molecule has 53 heavy (non-hydrogen) atoms. The number of nitrogens with one attached hydrogen (secondary N) is 1. The van der Waals surface area contributed by atoms with Gasteiger partial charge in [0.25, 0.3) is 0 Å². The van der Waals surface area contributed by atoms with E-state index in [-0.39, 0.29) is 49.8 Å². The van der Waals surface area contributed by atoms with Gasteiger partial charge in [0, 0.05) is 51.3 Å². The van der Waals surface area contributed by atoms with E-state index in [1.165, 1.54) is 18.4 Å². The second-order valence-corrected chi connectivity index (χ2v) is 20.8. The SMILES string of the molecule is CN1CCN(CCNC(=O)[C@]23CCC(C)(C)CC2=C2CC[C@@H]4[C@@]5(C)CC[C@H](CC(=O)c6ccccc6C(=O)O)C(C)(C)[C@@H]5CC[C@@]4(C)[C@]2(C)CC3)CC1. The highest BCUT2D eigenvalue weighted by Crippen LogP contribution is 2.76. The standard InChI is InChI=1S/C46H69N3O4/c1-41(2)19-21-46(40(53)47-23-24-49-27-25-48(8)26-28-49)22-20-44(6)34(35(46)30-41)13-14-38-43(5)17-15-31(42(3,4)37(43)16-18-45(38,44)7)29-36(50)32-11-9-10-12-33(32)39(51)52/h9-12,31,37-38H,13-30H2,1-8H3,(H,47,53)(H,51,52)/t31-,37+,38-,43+,44-,45-,46+/m1/s1. The second-order valence-electron chi connectivity index (χ2n) is 20.8. The lowest BCUT2D eigenvalue weighted by molar-refractivity contribution is -0.193. The second kappa shape index (κ2) is 13.6. The monoisotopic (exact) mass is 728 g/mol. The van der Waals surface area contributed by atoms with Crippen LogP contribution in [0, 0.1) is 50.2 Å². The number of ketones is 1. The Morgan fingerprint density at radius 1 is 0.792 bits per heavy atom. The lowest BCUT2D eigenvalue weighted by Gasteiger charge is -2.71. The molecule has 1 aromatic rings. The maximum atomic E-state index is 14.5. The Hall–Kier alpha value is -2.51. The summed E-state index contributed by atoms with van der Waals surface area (Å²) in [4.78, 5) is 45.1. The number of aromatic carboxylic acids is 1. The molecule has 2 N–H and O–H groups in total. The van der Waals surface area contributed by atoms with E-state index >= 15 is 0 Å². The number of benzene rings is 1. The number of carboxylic acid groups (broad SMARTS) is 1. The summed E-state index contributed by atoms with van der Waals surface area (Å²) in [5, 5.41) is 13.3. The molecule has 0 aromatic heterocycles. The van der Waals surface area contributed by atoms with E-state index < -0.39 is 5.97 Å². The molecule has 0 radical (unpaired) electrons. The Labute approximate surface area is 320 Å². The number of Topliss-reactive ketones (excluding diaryl/α,β-unsaturated/α-hetero) is 1. The predicted octanol–water partition coefficient (Wildman–Crippen LogP) is 8.88. The molecule has 1 amide bonds. The summed E-state index contributed by atoms with van der Waals surface area (Å²) in [6, 6.07) is 6.73. The zero-order chi connectivity index (χ0) is 38.2. The third kappa shape index (κ3) is 6.26. The van der Waals surface area contributed by atoms with Gasteiger partial charge in [-0.05, 0) is 129 Å². The summed E-state index contributed by atoms with van der Waals surface area (Å²) in [6.45, 7) is 23.6. The number of amides is 1. The molecular weight excluding hydrogens is 659 g/mol. The van der Waals surface area contributed by atoms with E-state index in [0.29, 0.717) is 29.7 Å². The molecule has 4 saturated carbocycles. The van der Waals surface area contributed by atoms with Crippen molar-refractivity contribution < 1.29 is 19.5 Å². The number of carbonyl (C=O) groups is 3. The molecule has 6 aliphatic rings. The Morgan fingerprint density at radius 3 is 2.17 bits per heavy atom. The van der Waals surface area contributed by atoms with Crippen molar-refractivity contribution in [3.8, 4) is 0 Å². The molecule has 0 bridgehead atoms. The maximum absolute atomic E-state index is 14.5. The third-order valence-electron chi connectivity index (χ3n) is 17.4. The van der Waals surface area contributed by atoms with Crippen LogP contribution in [0.5, 0.6) is 0 Å². The molecule has 1 heterocycles. The molecule has 7 heteroatoms. The summed E-state index contributed by atoms with van der Waals surface area (Å²) in [5.41, 5.74) is 3.87. The van der Waals surface area contributed by atoms with Crippen LogP contribution in [-0.4, -0.2) is 78.9 Å². The van der Waals surface area contributed by atoms with Crippen molar-refractivity contribution in [3.63, 3.8) is 0 Å². The van der Waals surface area contributed by atoms with Gasteiger partial charge in [0.15, 0.2) is 5.78 Å². The van der Waals surface area contributed by atoms with Gasteiger partial charge in [-0.15, -0.1) is 0 Å². The van der Waals surface area contributed by atoms with Crippen molar-refractivity contribution in [2.24, 2.45) is 50.2 Å². The lowest BCUT2D eigenvalue weighted by Crippen LogP contribution is -2.64. The Kier molecular flexibility index (Phi) is 9.95. The van der Waals surface area contributed by atoms with E-state index in [9.17, 15) is 19.5 Å². The predicted molar refractivity (Wildman–Crippen MR) is 212 cm³/mol. The van der Waals surface area contributed by atoms with Gasteiger partial charge >= 0.3 is 5.97 Å². The van der Waals surface area contributed by atoms with E-state index in [1.807, 2.05) is 0 Å². The normalized spacial score (nSPS) is 38.2. The molecule has 7 atom stereocenters. The fourth-order valence-electron chi connectivity index (χ4n) is 13.9. The fourth-order valence-corrected chi connectivity index (χ4v) is 13.9. The van der Waals surface area contributed by atoms with Crippen LogP contribution in [0.25, 0.3) is 0 Å². The van der Waals surface area contributed by atoms with Gasteiger partial charge < -0.3 is 15.3 Å². The number of likely N-dealkylation sites (N-methyl/N-ethyl adjacent to an activating group) is 1. The molecule has 7 rings (SSSR count). The highest BCUT2D eigenvalue weighted by Gasteiger charge is 2.68. The minimum absolute atomic E-state index is 0.0286. The molecule has 0 spiro atoms. The zero-order valence-electron chi connectivity index (χ0n) is 34.3. The van der Waals surface area contributed by atoms with Gasteiger partial charge in [-0.25, -0.2) is 4.79 Å². The van der Waals surface area contributed by atoms with Crippen LogP contribution in [0.2, 0.25) is 0 Å². The van der Waals surface area contributed by atoms with Crippen LogP contribution in [0.15, 0.2) is 35.4 Å².